The van der Waals surface area contributed by atoms with Crippen molar-refractivity contribution < 1.29 is 13.5 Å². The van der Waals surface area contributed by atoms with Gasteiger partial charge in [0.05, 0.1) is 6.10 Å². The first kappa shape index (κ1) is 14.0. The van der Waals surface area contributed by atoms with Gasteiger partial charge < -0.3 is 10.1 Å². The lowest BCUT2D eigenvalue weighted by Gasteiger charge is -2.10. The van der Waals surface area contributed by atoms with Crippen molar-refractivity contribution in [2.24, 2.45) is 5.92 Å². The molecule has 0 aromatic carbocycles. The van der Waals surface area contributed by atoms with E-state index in [-0.39, 0.29) is 18.6 Å². The smallest absolute Gasteiger partial charge is 0.325 e. The minimum atomic E-state index is -3.96. The number of hydrogen-bond donors (Lipinski definition) is 4. The predicted octanol–water partition coefficient (Wildman–Crippen LogP) is -1.50. The maximum atomic E-state index is 11.9. The lowest BCUT2D eigenvalue weighted by Crippen LogP contribution is -2.35. The van der Waals surface area contributed by atoms with Crippen molar-refractivity contribution in [1.29, 1.82) is 0 Å². The SMILES string of the molecule is O=c1[nH]cc(S(=O)(=O)NCC2CCC(O)C2)c(=O)[nH]1. The highest BCUT2D eigenvalue weighted by atomic mass is 32.2. The van der Waals surface area contributed by atoms with E-state index in [1.165, 1.54) is 0 Å². The molecule has 8 nitrogen and oxygen atoms in total. The third-order valence-electron chi connectivity index (χ3n) is 3.15. The molecule has 2 unspecified atom stereocenters. The molecule has 1 aromatic heterocycles. The van der Waals surface area contributed by atoms with E-state index in [2.05, 4.69) is 9.71 Å². The molecule has 9 heteroatoms. The summed E-state index contributed by atoms with van der Waals surface area (Å²) in [6.45, 7) is 0.165. The fourth-order valence-corrected chi connectivity index (χ4v) is 3.26. The second-order valence-electron chi connectivity index (χ2n) is 4.62. The molecule has 0 saturated heterocycles. The van der Waals surface area contributed by atoms with Crippen LogP contribution in [0.4, 0.5) is 0 Å². The number of H-pyrrole nitrogens is 2. The van der Waals surface area contributed by atoms with Crippen LogP contribution in [0.3, 0.4) is 0 Å². The Kier molecular flexibility index (Phi) is 3.88. The summed E-state index contributed by atoms with van der Waals surface area (Å²) >= 11 is 0. The Morgan fingerprint density at radius 2 is 2.11 bits per heavy atom. The normalized spacial score (nSPS) is 23.6. The Bertz CT molecular complexity index is 662. The molecular weight excluding hydrogens is 274 g/mol. The topological polar surface area (TPSA) is 132 Å². The summed E-state index contributed by atoms with van der Waals surface area (Å²) < 4.78 is 26.1. The zero-order valence-corrected chi connectivity index (χ0v) is 10.9. The Morgan fingerprint density at radius 1 is 1.37 bits per heavy atom. The first-order chi connectivity index (χ1) is 8.88. The van der Waals surface area contributed by atoms with Gasteiger partial charge in [-0.25, -0.2) is 17.9 Å². The summed E-state index contributed by atoms with van der Waals surface area (Å²) in [5.41, 5.74) is -1.72. The Morgan fingerprint density at radius 3 is 2.68 bits per heavy atom. The number of aromatic nitrogens is 2. The van der Waals surface area contributed by atoms with Crippen molar-refractivity contribution >= 4 is 10.0 Å². The van der Waals surface area contributed by atoms with Gasteiger partial charge in [-0.3, -0.25) is 9.78 Å². The number of nitrogens with one attached hydrogen (secondary N) is 3. The van der Waals surface area contributed by atoms with Crippen LogP contribution in [0, 0.1) is 5.92 Å². The van der Waals surface area contributed by atoms with Crippen LogP contribution in [0.15, 0.2) is 20.7 Å². The van der Waals surface area contributed by atoms with Crippen molar-refractivity contribution in [3.05, 3.63) is 27.0 Å². The zero-order chi connectivity index (χ0) is 14.0. The van der Waals surface area contributed by atoms with Gasteiger partial charge in [-0.05, 0) is 25.2 Å². The Labute approximate surface area is 108 Å². The van der Waals surface area contributed by atoms with Gasteiger partial charge in [-0.1, -0.05) is 0 Å². The number of hydrogen-bond acceptors (Lipinski definition) is 5. The molecule has 106 valence electrons. The van der Waals surface area contributed by atoms with Crippen LogP contribution < -0.4 is 16.0 Å². The van der Waals surface area contributed by atoms with Crippen LogP contribution >= 0.6 is 0 Å². The summed E-state index contributed by atoms with van der Waals surface area (Å²) in [5.74, 6) is 0.0617. The molecule has 0 bridgehead atoms. The van der Waals surface area contributed by atoms with Crippen LogP contribution in [0.5, 0.6) is 0 Å². The van der Waals surface area contributed by atoms with Gasteiger partial charge in [0.2, 0.25) is 10.0 Å². The quantitative estimate of drug-likeness (QED) is 0.535. The minimum absolute atomic E-state index is 0.0617. The number of rotatable bonds is 4. The summed E-state index contributed by atoms with van der Waals surface area (Å²) in [5, 5.41) is 9.35. The molecule has 19 heavy (non-hydrogen) atoms. The van der Waals surface area contributed by atoms with Gasteiger partial charge in [0.15, 0.2) is 4.90 Å². The fourth-order valence-electron chi connectivity index (χ4n) is 2.14. The van der Waals surface area contributed by atoms with Crippen LogP contribution in [0.25, 0.3) is 0 Å². The summed E-state index contributed by atoms with van der Waals surface area (Å²) in [6.07, 6.45) is 2.43. The van der Waals surface area contributed by atoms with Crippen molar-refractivity contribution in [2.75, 3.05) is 6.54 Å². The van der Waals surface area contributed by atoms with Gasteiger partial charge in [0, 0.05) is 12.7 Å². The third kappa shape index (κ3) is 3.31. The Hall–Kier alpha value is -1.45. The van der Waals surface area contributed by atoms with Crippen LogP contribution in [-0.4, -0.2) is 36.1 Å². The van der Waals surface area contributed by atoms with Gasteiger partial charge in [0.25, 0.3) is 5.56 Å². The third-order valence-corrected chi connectivity index (χ3v) is 4.58. The van der Waals surface area contributed by atoms with E-state index in [9.17, 15) is 23.1 Å². The largest absolute Gasteiger partial charge is 0.393 e. The van der Waals surface area contributed by atoms with E-state index in [0.29, 0.717) is 12.8 Å². The molecule has 1 fully saturated rings. The van der Waals surface area contributed by atoms with Crippen molar-refractivity contribution in [2.45, 2.75) is 30.3 Å². The molecule has 1 saturated carbocycles. The molecule has 2 atom stereocenters. The summed E-state index contributed by atoms with van der Waals surface area (Å²) in [4.78, 5) is 25.7. The van der Waals surface area contributed by atoms with Crippen LogP contribution in [-0.2, 0) is 10.0 Å². The fraction of sp³-hybridized carbons (Fsp3) is 0.600. The number of aromatic amines is 2. The van der Waals surface area contributed by atoms with Crippen LogP contribution in [0.1, 0.15) is 19.3 Å². The summed E-state index contributed by atoms with van der Waals surface area (Å²) in [7, 11) is -3.96. The van der Waals surface area contributed by atoms with Gasteiger partial charge in [-0.15, -0.1) is 0 Å². The maximum Gasteiger partial charge on any atom is 0.325 e. The van der Waals surface area contributed by atoms with Crippen molar-refractivity contribution in [1.82, 2.24) is 14.7 Å². The van der Waals surface area contributed by atoms with Crippen molar-refractivity contribution in [3.63, 3.8) is 0 Å². The van der Waals surface area contributed by atoms with E-state index in [1.54, 1.807) is 0 Å². The molecule has 1 aliphatic carbocycles. The minimum Gasteiger partial charge on any atom is -0.393 e. The second-order valence-corrected chi connectivity index (χ2v) is 6.36. The maximum absolute atomic E-state index is 11.9. The molecule has 2 rings (SSSR count). The highest BCUT2D eigenvalue weighted by Gasteiger charge is 2.25. The number of aliphatic hydroxyl groups is 1. The van der Waals surface area contributed by atoms with E-state index in [4.69, 9.17) is 0 Å². The number of sulfonamides is 1. The molecule has 1 heterocycles. The lowest BCUT2D eigenvalue weighted by molar-refractivity contribution is 0.178. The molecular formula is C10H15N3O5S. The molecule has 4 N–H and O–H groups in total. The number of aliphatic hydroxyl groups excluding tert-OH is 1. The first-order valence-corrected chi connectivity index (χ1v) is 7.36. The second kappa shape index (κ2) is 5.27. The van der Waals surface area contributed by atoms with Gasteiger partial charge in [0.1, 0.15) is 0 Å². The zero-order valence-electron chi connectivity index (χ0n) is 10.0. The monoisotopic (exact) mass is 289 g/mol. The lowest BCUT2D eigenvalue weighted by atomic mass is 10.1. The first-order valence-electron chi connectivity index (χ1n) is 5.88. The molecule has 0 aliphatic heterocycles. The van der Waals surface area contributed by atoms with E-state index >= 15 is 0 Å². The Balaban J connectivity index is 2.10. The average molecular weight is 289 g/mol. The molecule has 1 aliphatic rings. The predicted molar refractivity (Wildman–Crippen MR) is 66.2 cm³/mol. The standard InChI is InChI=1S/C10H15N3O5S/c14-7-2-1-6(3-7)4-12-19(17,18)8-5-11-10(16)13-9(8)15/h5-7,12,14H,1-4H2,(H2,11,13,15,16). The van der Waals surface area contributed by atoms with Crippen molar-refractivity contribution in [3.8, 4) is 0 Å². The highest BCUT2D eigenvalue weighted by molar-refractivity contribution is 7.89. The van der Waals surface area contributed by atoms with E-state index < -0.39 is 26.2 Å². The van der Waals surface area contributed by atoms with Crippen LogP contribution in [0.2, 0.25) is 0 Å². The summed E-state index contributed by atoms with van der Waals surface area (Å²) in [6, 6.07) is 0. The van der Waals surface area contributed by atoms with E-state index in [1.807, 2.05) is 4.98 Å². The highest BCUT2D eigenvalue weighted by Crippen LogP contribution is 2.24. The van der Waals surface area contributed by atoms with E-state index in [0.717, 1.165) is 12.6 Å². The molecule has 0 radical (unpaired) electrons. The molecule has 1 aromatic rings. The molecule has 0 spiro atoms. The van der Waals surface area contributed by atoms with Gasteiger partial charge in [-0.2, -0.15) is 0 Å². The van der Waals surface area contributed by atoms with Gasteiger partial charge >= 0.3 is 5.69 Å². The molecule has 0 amide bonds. The average Bonchev–Trinajstić information content (AvgIpc) is 2.72.